The van der Waals surface area contributed by atoms with Crippen molar-refractivity contribution in [2.75, 3.05) is 32.9 Å². The SMILES string of the molecule is CCCc1nn(C)c2c(=O)[nH]c(-c3cc(S(=O)(=O)N4CCC(C(O)C(CO[N+](=O)[O-])CO[N+](=O)[O-])CC4)ccc3OCC)nc12. The zero-order chi connectivity index (χ0) is 32.9. The standard InChI is InChI=1S/C26H35N7O11S/c1-4-6-20-22-23(30(3)29-20)26(35)28-25(27-22)19-13-18(7-8-21(19)42-5-2)45(40,41)31-11-9-16(10-12-31)24(34)17(14-43-32(36)37)15-44-33(38)39/h7-8,13,16-17,24,34H,4-6,9-12,14-15H2,1-3H3,(H,27,28,35). The van der Waals surface area contributed by atoms with Crippen LogP contribution in [-0.4, -0.2) is 86.8 Å². The van der Waals surface area contributed by atoms with Gasteiger partial charge in [-0.05, 0) is 50.3 Å². The number of aryl methyl sites for hydroxylation is 2. The highest BCUT2D eigenvalue weighted by Gasteiger charge is 2.36. The van der Waals surface area contributed by atoms with Crippen LogP contribution in [-0.2, 0) is 33.2 Å². The minimum atomic E-state index is -4.07. The minimum Gasteiger partial charge on any atom is -0.493 e. The van der Waals surface area contributed by atoms with Gasteiger partial charge < -0.3 is 24.5 Å². The molecule has 1 saturated heterocycles. The molecular weight excluding hydrogens is 618 g/mol. The number of aromatic nitrogens is 4. The largest absolute Gasteiger partial charge is 0.493 e. The van der Waals surface area contributed by atoms with Crippen LogP contribution in [0.25, 0.3) is 22.4 Å². The monoisotopic (exact) mass is 653 g/mol. The van der Waals surface area contributed by atoms with E-state index in [9.17, 15) is 38.5 Å². The number of aliphatic hydroxyl groups is 1. The first-order chi connectivity index (χ1) is 21.4. The number of aromatic amines is 1. The number of benzene rings is 1. The van der Waals surface area contributed by atoms with E-state index in [-0.39, 0.29) is 48.8 Å². The molecule has 18 nitrogen and oxygen atoms in total. The van der Waals surface area contributed by atoms with Gasteiger partial charge in [-0.3, -0.25) is 9.48 Å². The minimum absolute atomic E-state index is 0.00260. The molecule has 2 N–H and O–H groups in total. The molecule has 4 rings (SSSR count). The van der Waals surface area contributed by atoms with Crippen LogP contribution in [0.4, 0.5) is 0 Å². The van der Waals surface area contributed by atoms with Crippen LogP contribution in [0, 0.1) is 32.1 Å². The maximum Gasteiger partial charge on any atom is 0.294 e. The topological polar surface area (TPSA) is 235 Å². The Morgan fingerprint density at radius 1 is 1.13 bits per heavy atom. The highest BCUT2D eigenvalue weighted by molar-refractivity contribution is 7.89. The number of sulfonamides is 1. The number of hydrogen-bond donors (Lipinski definition) is 2. The molecule has 0 aliphatic carbocycles. The molecule has 45 heavy (non-hydrogen) atoms. The number of nitrogens with zero attached hydrogens (tertiary/aromatic N) is 6. The van der Waals surface area contributed by atoms with Crippen molar-refractivity contribution in [2.45, 2.75) is 50.5 Å². The molecule has 0 saturated carbocycles. The van der Waals surface area contributed by atoms with E-state index in [2.05, 4.69) is 24.7 Å². The van der Waals surface area contributed by atoms with Gasteiger partial charge in [-0.1, -0.05) is 13.3 Å². The lowest BCUT2D eigenvalue weighted by atomic mass is 9.85. The van der Waals surface area contributed by atoms with Gasteiger partial charge in [-0.25, -0.2) is 13.4 Å². The summed E-state index contributed by atoms with van der Waals surface area (Å²) in [7, 11) is -2.42. The summed E-state index contributed by atoms with van der Waals surface area (Å²) in [5.41, 5.74) is 1.19. The molecule has 1 fully saturated rings. The average molecular weight is 654 g/mol. The number of H-pyrrole nitrogens is 1. The molecule has 246 valence electrons. The highest BCUT2D eigenvalue weighted by Crippen LogP contribution is 2.34. The van der Waals surface area contributed by atoms with Gasteiger partial charge in [0.15, 0.2) is 5.52 Å². The first kappa shape index (κ1) is 33.5. The van der Waals surface area contributed by atoms with E-state index in [1.165, 1.54) is 27.2 Å². The molecule has 0 radical (unpaired) electrons. The van der Waals surface area contributed by atoms with Crippen molar-refractivity contribution in [1.82, 2.24) is 24.1 Å². The van der Waals surface area contributed by atoms with E-state index in [1.807, 2.05) is 6.92 Å². The number of nitrogens with one attached hydrogen (secondary N) is 1. The Labute approximate surface area is 257 Å². The van der Waals surface area contributed by atoms with E-state index in [4.69, 9.17) is 4.74 Å². The fourth-order valence-electron chi connectivity index (χ4n) is 5.47. The summed E-state index contributed by atoms with van der Waals surface area (Å²) in [5.74, 6) is -1.17. The number of fused-ring (bicyclic) bond motifs is 1. The van der Waals surface area contributed by atoms with Gasteiger partial charge in [0.05, 0.1) is 28.9 Å². The van der Waals surface area contributed by atoms with E-state index < -0.39 is 56.9 Å². The number of rotatable bonds is 15. The predicted molar refractivity (Wildman–Crippen MR) is 157 cm³/mol. The van der Waals surface area contributed by atoms with Gasteiger partial charge in [0.25, 0.3) is 15.7 Å². The lowest BCUT2D eigenvalue weighted by Gasteiger charge is -2.36. The van der Waals surface area contributed by atoms with Crippen LogP contribution < -0.4 is 10.3 Å². The van der Waals surface area contributed by atoms with E-state index >= 15 is 0 Å². The molecule has 0 spiro atoms. The van der Waals surface area contributed by atoms with Crippen LogP contribution in [0.1, 0.15) is 38.8 Å². The van der Waals surface area contributed by atoms with Crippen molar-refractivity contribution in [2.24, 2.45) is 18.9 Å². The van der Waals surface area contributed by atoms with E-state index in [0.717, 1.165) is 6.42 Å². The lowest BCUT2D eigenvalue weighted by molar-refractivity contribution is -0.769. The second kappa shape index (κ2) is 14.2. The van der Waals surface area contributed by atoms with Gasteiger partial charge in [0.2, 0.25) is 10.0 Å². The van der Waals surface area contributed by atoms with Gasteiger partial charge in [-0.15, -0.1) is 20.2 Å². The number of hydrogen-bond acceptors (Lipinski definition) is 13. The van der Waals surface area contributed by atoms with Gasteiger partial charge >= 0.3 is 0 Å². The van der Waals surface area contributed by atoms with Gasteiger partial charge in [0, 0.05) is 26.1 Å². The van der Waals surface area contributed by atoms with E-state index in [1.54, 1.807) is 14.0 Å². The Bertz CT molecular complexity index is 1680. The maximum absolute atomic E-state index is 13.8. The molecule has 1 aliphatic rings. The Morgan fingerprint density at radius 3 is 2.36 bits per heavy atom. The molecule has 2 aromatic heterocycles. The van der Waals surface area contributed by atoms with Crippen LogP contribution in [0.3, 0.4) is 0 Å². The Hall–Kier alpha value is -4.36. The molecule has 1 atom stereocenters. The third kappa shape index (κ3) is 7.48. The van der Waals surface area contributed by atoms with Crippen LogP contribution >= 0.6 is 0 Å². The molecule has 3 aromatic rings. The summed E-state index contributed by atoms with van der Waals surface area (Å²) >= 11 is 0. The summed E-state index contributed by atoms with van der Waals surface area (Å²) in [6.45, 7) is 2.77. The fourth-order valence-corrected chi connectivity index (χ4v) is 6.96. The molecular formula is C26H35N7O11S. The Kier molecular flexibility index (Phi) is 10.6. The molecule has 0 amide bonds. The molecule has 1 aliphatic heterocycles. The molecule has 19 heteroatoms. The van der Waals surface area contributed by atoms with Crippen molar-refractivity contribution in [1.29, 1.82) is 0 Å². The summed E-state index contributed by atoms with van der Waals surface area (Å²) < 4.78 is 36.0. The molecule has 0 bridgehead atoms. The average Bonchev–Trinajstić information content (AvgIpc) is 3.32. The quantitative estimate of drug-likeness (QED) is 0.175. The summed E-state index contributed by atoms with van der Waals surface area (Å²) in [5, 5.41) is 34.4. The Morgan fingerprint density at radius 2 is 1.78 bits per heavy atom. The second-order valence-electron chi connectivity index (χ2n) is 10.6. The third-order valence-electron chi connectivity index (χ3n) is 7.65. The van der Waals surface area contributed by atoms with E-state index in [0.29, 0.717) is 28.9 Å². The zero-order valence-corrected chi connectivity index (χ0v) is 25.8. The molecule has 3 heterocycles. The predicted octanol–water partition coefficient (Wildman–Crippen LogP) is 1.47. The first-order valence-corrected chi connectivity index (χ1v) is 15.8. The number of ether oxygens (including phenoxy) is 1. The number of aliphatic hydroxyl groups excluding tert-OH is 1. The normalized spacial score (nSPS) is 15.3. The van der Waals surface area contributed by atoms with Crippen molar-refractivity contribution in [3.63, 3.8) is 0 Å². The van der Waals surface area contributed by atoms with Crippen molar-refractivity contribution >= 4 is 21.1 Å². The summed E-state index contributed by atoms with van der Waals surface area (Å²) in [6, 6.07) is 4.28. The molecule has 1 aromatic carbocycles. The first-order valence-electron chi connectivity index (χ1n) is 14.3. The summed E-state index contributed by atoms with van der Waals surface area (Å²) in [4.78, 5) is 50.3. The fraction of sp³-hybridized carbons (Fsp3) is 0.577. The second-order valence-corrected chi connectivity index (χ2v) is 12.5. The zero-order valence-electron chi connectivity index (χ0n) is 24.9. The highest BCUT2D eigenvalue weighted by atomic mass is 32.2. The van der Waals surface area contributed by atoms with Crippen molar-refractivity contribution < 1.29 is 38.1 Å². The van der Waals surface area contributed by atoms with Crippen molar-refractivity contribution in [3.8, 4) is 17.1 Å². The maximum atomic E-state index is 13.8. The van der Waals surface area contributed by atoms with Crippen molar-refractivity contribution in [3.05, 3.63) is 54.5 Å². The Balaban J connectivity index is 1.59. The van der Waals surface area contributed by atoms with Crippen LogP contribution in [0.5, 0.6) is 5.75 Å². The third-order valence-corrected chi connectivity index (χ3v) is 9.54. The molecule has 1 unspecified atom stereocenters. The summed E-state index contributed by atoms with van der Waals surface area (Å²) in [6.07, 6.45) is 0.433. The van der Waals surface area contributed by atoms with Crippen LogP contribution in [0.15, 0.2) is 27.9 Å². The van der Waals surface area contributed by atoms with Gasteiger partial charge in [0.1, 0.15) is 30.3 Å². The van der Waals surface area contributed by atoms with Crippen LogP contribution in [0.2, 0.25) is 0 Å². The number of piperidine rings is 1. The van der Waals surface area contributed by atoms with Gasteiger partial charge in [-0.2, -0.15) is 9.40 Å². The lowest BCUT2D eigenvalue weighted by Crippen LogP contribution is -2.44. The smallest absolute Gasteiger partial charge is 0.294 e.